The molecule has 1 aliphatic rings. The molecule has 0 aliphatic carbocycles. The van der Waals surface area contributed by atoms with Gasteiger partial charge in [-0.1, -0.05) is 13.3 Å². The number of nitrogens with two attached hydrogens (primary N) is 1. The third-order valence-electron chi connectivity index (χ3n) is 3.86. The smallest absolute Gasteiger partial charge is 0.246 e. The summed E-state index contributed by atoms with van der Waals surface area (Å²) in [7, 11) is -2.07. The Morgan fingerprint density at radius 1 is 1.45 bits per heavy atom. The number of hydrogen-bond acceptors (Lipinski definition) is 4. The third kappa shape index (κ3) is 2.91. The monoisotopic (exact) mass is 298 g/mol. The van der Waals surface area contributed by atoms with Gasteiger partial charge in [0, 0.05) is 18.8 Å². The van der Waals surface area contributed by atoms with Gasteiger partial charge >= 0.3 is 0 Å². The Kier molecular flexibility index (Phi) is 4.55. The van der Waals surface area contributed by atoms with Crippen molar-refractivity contribution in [2.45, 2.75) is 31.1 Å². The maximum Gasteiger partial charge on any atom is 0.246 e. The molecule has 0 radical (unpaired) electrons. The van der Waals surface area contributed by atoms with Crippen molar-refractivity contribution < 1.29 is 13.2 Å². The van der Waals surface area contributed by atoms with Crippen LogP contribution in [0.3, 0.4) is 0 Å². The van der Waals surface area contributed by atoms with E-state index in [1.165, 1.54) is 13.2 Å². The second kappa shape index (κ2) is 6.01. The van der Waals surface area contributed by atoms with E-state index in [9.17, 15) is 8.42 Å². The molecule has 1 aromatic carbocycles. The lowest BCUT2D eigenvalue weighted by Gasteiger charge is -2.31. The van der Waals surface area contributed by atoms with Gasteiger partial charge < -0.3 is 10.5 Å². The number of anilines is 1. The van der Waals surface area contributed by atoms with Crippen LogP contribution in [-0.2, 0) is 10.0 Å². The summed E-state index contributed by atoms with van der Waals surface area (Å²) >= 11 is 0. The van der Waals surface area contributed by atoms with Gasteiger partial charge in [0.1, 0.15) is 10.6 Å². The van der Waals surface area contributed by atoms with Crippen molar-refractivity contribution in [3.63, 3.8) is 0 Å². The normalized spacial score (nSPS) is 20.8. The molecule has 6 heteroatoms. The summed E-state index contributed by atoms with van der Waals surface area (Å²) < 4.78 is 32.3. The molecular formula is C14H22N2O3S. The van der Waals surface area contributed by atoms with E-state index in [-0.39, 0.29) is 4.90 Å². The highest BCUT2D eigenvalue weighted by Gasteiger charge is 2.31. The lowest BCUT2D eigenvalue weighted by Crippen LogP contribution is -2.39. The molecule has 1 aromatic rings. The van der Waals surface area contributed by atoms with Crippen molar-refractivity contribution in [1.82, 2.24) is 4.31 Å². The molecule has 0 aromatic heterocycles. The van der Waals surface area contributed by atoms with Gasteiger partial charge in [-0.2, -0.15) is 4.31 Å². The van der Waals surface area contributed by atoms with Gasteiger partial charge in [-0.3, -0.25) is 0 Å². The van der Waals surface area contributed by atoms with E-state index in [2.05, 4.69) is 6.92 Å². The highest BCUT2D eigenvalue weighted by atomic mass is 32.2. The van der Waals surface area contributed by atoms with Crippen LogP contribution in [0.15, 0.2) is 23.1 Å². The van der Waals surface area contributed by atoms with Gasteiger partial charge in [-0.25, -0.2) is 8.42 Å². The van der Waals surface area contributed by atoms with Crippen molar-refractivity contribution in [1.29, 1.82) is 0 Å². The van der Waals surface area contributed by atoms with Crippen LogP contribution >= 0.6 is 0 Å². The Balaban J connectivity index is 2.37. The van der Waals surface area contributed by atoms with Crippen molar-refractivity contribution in [3.8, 4) is 5.75 Å². The fourth-order valence-electron chi connectivity index (χ4n) is 2.61. The first-order valence-corrected chi connectivity index (χ1v) is 8.36. The zero-order valence-corrected chi connectivity index (χ0v) is 12.8. The summed E-state index contributed by atoms with van der Waals surface area (Å²) in [5, 5.41) is 0. The van der Waals surface area contributed by atoms with Gasteiger partial charge in [0.2, 0.25) is 10.0 Å². The van der Waals surface area contributed by atoms with E-state index in [0.29, 0.717) is 30.4 Å². The molecule has 0 bridgehead atoms. The number of methoxy groups -OCH3 is 1. The molecule has 0 amide bonds. The number of ether oxygens (including phenoxy) is 1. The van der Waals surface area contributed by atoms with E-state index in [4.69, 9.17) is 10.5 Å². The SMILES string of the molecule is CCC1CCCN(S(=O)(=O)c2cc(N)ccc2OC)C1. The summed E-state index contributed by atoms with van der Waals surface area (Å²) in [6.07, 6.45) is 3.00. The summed E-state index contributed by atoms with van der Waals surface area (Å²) in [5.74, 6) is 0.781. The maximum absolute atomic E-state index is 12.8. The van der Waals surface area contributed by atoms with Crippen molar-refractivity contribution in [3.05, 3.63) is 18.2 Å². The quantitative estimate of drug-likeness (QED) is 0.864. The molecule has 0 spiro atoms. The van der Waals surface area contributed by atoms with E-state index in [1.807, 2.05) is 0 Å². The van der Waals surface area contributed by atoms with Gasteiger partial charge in [-0.15, -0.1) is 0 Å². The Hall–Kier alpha value is -1.27. The standard InChI is InChI=1S/C14H22N2O3S/c1-3-11-5-4-8-16(10-11)20(17,18)14-9-12(15)6-7-13(14)19-2/h6-7,9,11H,3-5,8,10,15H2,1-2H3. The van der Waals surface area contributed by atoms with Crippen LogP contribution in [0.2, 0.25) is 0 Å². The summed E-state index contributed by atoms with van der Waals surface area (Å²) in [6.45, 7) is 3.25. The third-order valence-corrected chi connectivity index (χ3v) is 5.75. The van der Waals surface area contributed by atoms with Crippen LogP contribution in [0, 0.1) is 5.92 Å². The minimum Gasteiger partial charge on any atom is -0.495 e. The number of piperidine rings is 1. The number of hydrogen-bond donors (Lipinski definition) is 1. The zero-order valence-electron chi connectivity index (χ0n) is 12.0. The van der Waals surface area contributed by atoms with Crippen molar-refractivity contribution in [2.24, 2.45) is 5.92 Å². The molecule has 1 atom stereocenters. The molecule has 0 saturated carbocycles. The Morgan fingerprint density at radius 2 is 2.20 bits per heavy atom. The number of sulfonamides is 1. The van der Waals surface area contributed by atoms with E-state index in [0.717, 1.165) is 19.3 Å². The second-order valence-corrected chi connectivity index (χ2v) is 7.10. The largest absolute Gasteiger partial charge is 0.495 e. The molecule has 1 unspecified atom stereocenters. The first kappa shape index (κ1) is 15.1. The Labute approximate surface area is 120 Å². The molecule has 5 nitrogen and oxygen atoms in total. The summed E-state index contributed by atoms with van der Waals surface area (Å²) in [4.78, 5) is 0.164. The number of rotatable bonds is 4. The van der Waals surface area contributed by atoms with Crippen LogP contribution in [0.25, 0.3) is 0 Å². The van der Waals surface area contributed by atoms with Gasteiger partial charge in [-0.05, 0) is 37.0 Å². The van der Waals surface area contributed by atoms with Crippen LogP contribution < -0.4 is 10.5 Å². The van der Waals surface area contributed by atoms with Crippen molar-refractivity contribution >= 4 is 15.7 Å². The molecule has 112 valence electrons. The van der Waals surface area contributed by atoms with E-state index >= 15 is 0 Å². The number of nitrogen functional groups attached to an aromatic ring is 1. The fraction of sp³-hybridized carbons (Fsp3) is 0.571. The first-order chi connectivity index (χ1) is 9.48. The molecule has 2 N–H and O–H groups in total. The lowest BCUT2D eigenvalue weighted by atomic mass is 9.97. The molecule has 1 aliphatic heterocycles. The highest BCUT2D eigenvalue weighted by molar-refractivity contribution is 7.89. The van der Waals surface area contributed by atoms with Gasteiger partial charge in [0.25, 0.3) is 0 Å². The molecule has 20 heavy (non-hydrogen) atoms. The molecule has 1 saturated heterocycles. The minimum atomic E-state index is -3.54. The molecular weight excluding hydrogens is 276 g/mol. The Morgan fingerprint density at radius 3 is 2.85 bits per heavy atom. The predicted molar refractivity (Wildman–Crippen MR) is 79.2 cm³/mol. The maximum atomic E-state index is 12.8. The minimum absolute atomic E-state index is 0.164. The predicted octanol–water partition coefficient (Wildman–Crippen LogP) is 2.09. The van der Waals surface area contributed by atoms with Gasteiger partial charge in [0.15, 0.2) is 0 Å². The topological polar surface area (TPSA) is 72.6 Å². The fourth-order valence-corrected chi connectivity index (χ4v) is 4.36. The van der Waals surface area contributed by atoms with Gasteiger partial charge in [0.05, 0.1) is 7.11 Å². The van der Waals surface area contributed by atoms with Crippen LogP contribution in [0.5, 0.6) is 5.75 Å². The summed E-state index contributed by atoms with van der Waals surface area (Å²) in [5.41, 5.74) is 6.15. The Bertz CT molecular complexity index is 572. The molecule has 2 rings (SSSR count). The molecule has 1 heterocycles. The van der Waals surface area contributed by atoms with Crippen LogP contribution in [0.1, 0.15) is 26.2 Å². The number of nitrogens with zero attached hydrogens (tertiary/aromatic N) is 1. The lowest BCUT2D eigenvalue weighted by molar-refractivity contribution is 0.260. The van der Waals surface area contributed by atoms with Crippen LogP contribution in [0.4, 0.5) is 5.69 Å². The highest BCUT2D eigenvalue weighted by Crippen LogP contribution is 2.31. The molecule has 1 fully saturated rings. The van der Waals surface area contributed by atoms with E-state index < -0.39 is 10.0 Å². The summed E-state index contributed by atoms with van der Waals surface area (Å²) in [6, 6.07) is 4.72. The number of benzene rings is 1. The van der Waals surface area contributed by atoms with Crippen molar-refractivity contribution in [2.75, 3.05) is 25.9 Å². The average molecular weight is 298 g/mol. The average Bonchev–Trinajstić information content (AvgIpc) is 2.47. The van der Waals surface area contributed by atoms with E-state index in [1.54, 1.807) is 16.4 Å². The zero-order chi connectivity index (χ0) is 14.8. The second-order valence-electron chi connectivity index (χ2n) is 5.19. The first-order valence-electron chi connectivity index (χ1n) is 6.92. The van der Waals surface area contributed by atoms with Crippen LogP contribution in [-0.4, -0.2) is 32.9 Å².